The van der Waals surface area contributed by atoms with Gasteiger partial charge in [0, 0.05) is 35.4 Å². The van der Waals surface area contributed by atoms with Gasteiger partial charge in [0.2, 0.25) is 0 Å². The second kappa shape index (κ2) is 9.72. The molecule has 0 radical (unpaired) electrons. The number of carbonyl (C=O) groups is 2. The number of ether oxygens (including phenoxy) is 2. The molecule has 1 fully saturated rings. The lowest BCUT2D eigenvalue weighted by atomic mass is 10.2. The number of carbonyl (C=O) groups excluding carboxylic acids is 2. The highest BCUT2D eigenvalue weighted by molar-refractivity contribution is 14.1. The Morgan fingerprint density at radius 2 is 1.57 bits per heavy atom. The van der Waals surface area contributed by atoms with Crippen molar-refractivity contribution in [1.29, 1.82) is 0 Å². The zero-order chi connectivity index (χ0) is 19.9. The minimum atomic E-state index is -0.586. The summed E-state index contributed by atoms with van der Waals surface area (Å²) in [5, 5.41) is 0. The molecule has 0 aromatic heterocycles. The van der Waals surface area contributed by atoms with E-state index in [2.05, 4.69) is 27.5 Å². The number of benzene rings is 2. The molecular formula is C20H20FIN2O4. The minimum Gasteiger partial charge on any atom is -0.482 e. The third kappa shape index (κ3) is 5.82. The Morgan fingerprint density at radius 1 is 0.929 bits per heavy atom. The summed E-state index contributed by atoms with van der Waals surface area (Å²) < 4.78 is 24.4. The number of hydrogen-bond acceptors (Lipinski definition) is 5. The molecule has 1 saturated heterocycles. The first-order valence-corrected chi connectivity index (χ1v) is 9.91. The molecule has 1 heterocycles. The number of piperazine rings is 1. The van der Waals surface area contributed by atoms with Crippen LogP contribution in [0.5, 0.6) is 5.75 Å². The van der Waals surface area contributed by atoms with Crippen molar-refractivity contribution in [2.24, 2.45) is 0 Å². The fraction of sp³-hybridized carbons (Fsp3) is 0.300. The molecule has 1 aliphatic rings. The Hall–Kier alpha value is -2.36. The largest absolute Gasteiger partial charge is 0.482 e. The van der Waals surface area contributed by atoms with E-state index in [9.17, 15) is 14.0 Å². The minimum absolute atomic E-state index is 0.235. The van der Waals surface area contributed by atoms with Crippen molar-refractivity contribution >= 4 is 40.2 Å². The Kier molecular flexibility index (Phi) is 7.07. The normalized spacial score (nSPS) is 13.9. The van der Waals surface area contributed by atoms with E-state index in [1.807, 2.05) is 12.1 Å². The number of halogens is 2. The molecular weight excluding hydrogens is 478 g/mol. The first-order valence-electron chi connectivity index (χ1n) is 8.83. The SMILES string of the molecule is O=C(COc1ccc(I)cc1)OCC(=O)N1CCN(c2ccc(F)cc2)CC1. The van der Waals surface area contributed by atoms with Gasteiger partial charge in [0.05, 0.1) is 0 Å². The van der Waals surface area contributed by atoms with Crippen LogP contribution in [0.25, 0.3) is 0 Å². The maximum absolute atomic E-state index is 13.0. The Bertz CT molecular complexity index is 806. The summed E-state index contributed by atoms with van der Waals surface area (Å²) in [6.07, 6.45) is 0. The molecule has 2 aromatic rings. The Morgan fingerprint density at radius 3 is 2.21 bits per heavy atom. The van der Waals surface area contributed by atoms with Crippen molar-refractivity contribution in [3.8, 4) is 5.75 Å². The second-order valence-electron chi connectivity index (χ2n) is 6.25. The van der Waals surface area contributed by atoms with Crippen LogP contribution in [0.3, 0.4) is 0 Å². The molecule has 0 saturated carbocycles. The van der Waals surface area contributed by atoms with Crippen LogP contribution in [0.15, 0.2) is 48.5 Å². The van der Waals surface area contributed by atoms with E-state index in [0.29, 0.717) is 31.9 Å². The summed E-state index contributed by atoms with van der Waals surface area (Å²) >= 11 is 2.18. The molecule has 1 aliphatic heterocycles. The Balaban J connectivity index is 1.37. The van der Waals surface area contributed by atoms with E-state index in [-0.39, 0.29) is 24.9 Å². The van der Waals surface area contributed by atoms with Crippen LogP contribution >= 0.6 is 22.6 Å². The van der Waals surface area contributed by atoms with Gasteiger partial charge in [-0.2, -0.15) is 0 Å². The van der Waals surface area contributed by atoms with E-state index in [4.69, 9.17) is 9.47 Å². The zero-order valence-electron chi connectivity index (χ0n) is 15.1. The average molecular weight is 498 g/mol. The molecule has 28 heavy (non-hydrogen) atoms. The number of nitrogens with zero attached hydrogens (tertiary/aromatic N) is 2. The van der Waals surface area contributed by atoms with Gasteiger partial charge in [-0.15, -0.1) is 0 Å². The number of amides is 1. The highest BCUT2D eigenvalue weighted by Gasteiger charge is 2.22. The highest BCUT2D eigenvalue weighted by atomic mass is 127. The van der Waals surface area contributed by atoms with Gasteiger partial charge in [-0.3, -0.25) is 4.79 Å². The summed E-state index contributed by atoms with van der Waals surface area (Å²) in [5.74, 6) is -0.524. The van der Waals surface area contributed by atoms with Crippen LogP contribution in [0.2, 0.25) is 0 Å². The van der Waals surface area contributed by atoms with E-state index in [1.165, 1.54) is 12.1 Å². The van der Waals surface area contributed by atoms with Crippen molar-refractivity contribution in [1.82, 2.24) is 4.90 Å². The standard InChI is InChI=1S/C20H20FIN2O4/c21-15-1-5-17(6-2-15)23-9-11-24(12-10-23)19(25)13-28-20(26)14-27-18-7-3-16(22)4-8-18/h1-8H,9-14H2. The van der Waals surface area contributed by atoms with Crippen LogP contribution < -0.4 is 9.64 Å². The third-order valence-corrected chi connectivity index (χ3v) is 5.07. The number of hydrogen-bond donors (Lipinski definition) is 0. The van der Waals surface area contributed by atoms with Gasteiger partial charge in [0.15, 0.2) is 13.2 Å². The van der Waals surface area contributed by atoms with Crippen molar-refractivity contribution in [3.05, 3.63) is 57.9 Å². The van der Waals surface area contributed by atoms with E-state index >= 15 is 0 Å². The highest BCUT2D eigenvalue weighted by Crippen LogP contribution is 2.17. The Labute approximate surface area is 176 Å². The van der Waals surface area contributed by atoms with Crippen molar-refractivity contribution in [3.63, 3.8) is 0 Å². The zero-order valence-corrected chi connectivity index (χ0v) is 17.3. The quantitative estimate of drug-likeness (QED) is 0.453. The molecule has 0 spiro atoms. The summed E-state index contributed by atoms with van der Waals surface area (Å²) in [5.41, 5.74) is 0.924. The molecule has 0 aliphatic carbocycles. The third-order valence-electron chi connectivity index (χ3n) is 4.35. The molecule has 0 N–H and O–H groups in total. The van der Waals surface area contributed by atoms with Crippen molar-refractivity contribution < 1.29 is 23.5 Å². The van der Waals surface area contributed by atoms with E-state index in [1.54, 1.807) is 29.2 Å². The molecule has 8 heteroatoms. The molecule has 148 valence electrons. The second-order valence-corrected chi connectivity index (χ2v) is 7.49. The summed E-state index contributed by atoms with van der Waals surface area (Å²) in [6, 6.07) is 13.6. The van der Waals surface area contributed by atoms with Crippen molar-refractivity contribution in [2.75, 3.05) is 44.3 Å². The van der Waals surface area contributed by atoms with Gasteiger partial charge >= 0.3 is 5.97 Å². The van der Waals surface area contributed by atoms with E-state index in [0.717, 1.165) is 9.26 Å². The topological polar surface area (TPSA) is 59.1 Å². The van der Waals surface area contributed by atoms with Crippen LogP contribution in [-0.4, -0.2) is 56.2 Å². The lowest BCUT2D eigenvalue weighted by Gasteiger charge is -2.36. The van der Waals surface area contributed by atoms with Crippen LogP contribution in [0, 0.1) is 9.39 Å². The molecule has 1 amide bonds. The number of esters is 1. The van der Waals surface area contributed by atoms with Gasteiger partial charge in [0.1, 0.15) is 11.6 Å². The summed E-state index contributed by atoms with van der Waals surface area (Å²) in [7, 11) is 0. The first-order chi connectivity index (χ1) is 13.5. The number of rotatable bonds is 6. The predicted octanol–water partition coefficient (Wildman–Crippen LogP) is 2.70. The monoisotopic (exact) mass is 498 g/mol. The molecule has 3 rings (SSSR count). The van der Waals surface area contributed by atoms with E-state index < -0.39 is 5.97 Å². The fourth-order valence-corrected chi connectivity index (χ4v) is 3.17. The first kappa shape index (κ1) is 20.4. The summed E-state index contributed by atoms with van der Waals surface area (Å²) in [4.78, 5) is 27.8. The van der Waals surface area contributed by atoms with Gasteiger partial charge in [-0.25, -0.2) is 9.18 Å². The molecule has 0 unspecified atom stereocenters. The molecule has 0 atom stereocenters. The van der Waals surface area contributed by atoms with Crippen molar-refractivity contribution in [2.45, 2.75) is 0 Å². The van der Waals surface area contributed by atoms with Gasteiger partial charge in [-0.1, -0.05) is 0 Å². The van der Waals surface area contributed by atoms with Gasteiger partial charge in [-0.05, 0) is 71.1 Å². The van der Waals surface area contributed by atoms with Crippen LogP contribution in [-0.2, 0) is 14.3 Å². The average Bonchev–Trinajstić information content (AvgIpc) is 2.72. The van der Waals surface area contributed by atoms with Crippen LogP contribution in [0.4, 0.5) is 10.1 Å². The maximum Gasteiger partial charge on any atom is 0.344 e. The predicted molar refractivity (Wildman–Crippen MR) is 111 cm³/mol. The fourth-order valence-electron chi connectivity index (χ4n) is 2.81. The van der Waals surface area contributed by atoms with Gasteiger partial charge in [0.25, 0.3) is 5.91 Å². The van der Waals surface area contributed by atoms with Gasteiger partial charge < -0.3 is 19.3 Å². The lowest BCUT2D eigenvalue weighted by molar-refractivity contribution is -0.153. The molecule has 2 aromatic carbocycles. The molecule has 6 nitrogen and oxygen atoms in total. The smallest absolute Gasteiger partial charge is 0.344 e. The van der Waals surface area contributed by atoms with Crippen LogP contribution in [0.1, 0.15) is 0 Å². The maximum atomic E-state index is 13.0. The summed E-state index contributed by atoms with van der Waals surface area (Å²) in [6.45, 7) is 1.78. The molecule has 0 bridgehead atoms. The lowest BCUT2D eigenvalue weighted by Crippen LogP contribution is -2.50. The number of anilines is 1.